The average molecular weight is 564 g/mol. The van der Waals surface area contributed by atoms with Crippen LogP contribution in [0.1, 0.15) is 15.9 Å². The Balaban J connectivity index is 1.20. The average Bonchev–Trinajstić information content (AvgIpc) is 3.17. The molecule has 0 bridgehead atoms. The smallest absolute Gasteiger partial charge is 0.345 e. The molecule has 2 amide bonds. The first-order valence-corrected chi connectivity index (χ1v) is 13.1. The summed E-state index contributed by atoms with van der Waals surface area (Å²) < 4.78 is 11.3. The van der Waals surface area contributed by atoms with E-state index in [2.05, 4.69) is 0 Å². The van der Waals surface area contributed by atoms with Gasteiger partial charge in [-0.3, -0.25) is 14.5 Å². The van der Waals surface area contributed by atoms with Gasteiger partial charge in [0.1, 0.15) is 18.1 Å². The van der Waals surface area contributed by atoms with Gasteiger partial charge in [-0.2, -0.15) is 0 Å². The molecule has 0 radical (unpaired) electrons. The summed E-state index contributed by atoms with van der Waals surface area (Å²) in [7, 11) is 0. The number of halogens is 2. The number of imide groups is 1. The number of hydrogen-bond acceptors (Lipinski definition) is 6. The first-order chi connectivity index (χ1) is 18.4. The summed E-state index contributed by atoms with van der Waals surface area (Å²) >= 11 is 12.8. The van der Waals surface area contributed by atoms with Crippen molar-refractivity contribution in [2.75, 3.05) is 13.2 Å². The number of benzene rings is 4. The maximum Gasteiger partial charge on any atom is 0.345 e. The van der Waals surface area contributed by atoms with E-state index in [0.717, 1.165) is 22.5 Å². The minimum atomic E-state index is -0.619. The lowest BCUT2D eigenvalue weighted by Crippen LogP contribution is -2.32. The molecule has 38 heavy (non-hydrogen) atoms. The Kier molecular flexibility index (Phi) is 7.69. The van der Waals surface area contributed by atoms with E-state index < -0.39 is 5.97 Å². The first kappa shape index (κ1) is 25.9. The number of fused-ring (bicyclic) bond motifs is 1. The summed E-state index contributed by atoms with van der Waals surface area (Å²) in [5, 5.41) is 2.27. The van der Waals surface area contributed by atoms with Crippen LogP contribution in [0.4, 0.5) is 4.79 Å². The van der Waals surface area contributed by atoms with Gasteiger partial charge in [0.05, 0.1) is 22.0 Å². The minimum Gasteiger partial charge on any atom is -0.491 e. The molecule has 1 saturated heterocycles. The highest BCUT2D eigenvalue weighted by molar-refractivity contribution is 8.18. The Labute approximate surface area is 232 Å². The predicted molar refractivity (Wildman–Crippen MR) is 150 cm³/mol. The Bertz CT molecular complexity index is 1580. The zero-order valence-corrected chi connectivity index (χ0v) is 22.1. The Morgan fingerprint density at radius 3 is 2.47 bits per heavy atom. The molecular formula is C29H19Cl2NO5S. The van der Waals surface area contributed by atoms with Crippen LogP contribution in [0.3, 0.4) is 0 Å². The molecule has 0 spiro atoms. The van der Waals surface area contributed by atoms with Crippen LogP contribution in [0.5, 0.6) is 11.5 Å². The van der Waals surface area contributed by atoms with Crippen molar-refractivity contribution in [2.45, 2.75) is 0 Å². The lowest BCUT2D eigenvalue weighted by Gasteiger charge is -2.14. The molecule has 0 unspecified atom stereocenters. The normalized spacial score (nSPS) is 14.4. The number of carbonyl (C=O) groups excluding carboxylic acids is 3. The number of nitrogens with zero attached hydrogens (tertiary/aromatic N) is 1. The quantitative estimate of drug-likeness (QED) is 0.132. The number of rotatable bonds is 7. The molecule has 0 saturated carbocycles. The summed E-state index contributed by atoms with van der Waals surface area (Å²) in [5.41, 5.74) is 0.866. The van der Waals surface area contributed by atoms with Crippen LogP contribution in [-0.4, -0.2) is 35.2 Å². The number of carbonyl (C=O) groups is 3. The SMILES string of the molecule is O=C(Oc1ccc(/C=C2\SC(=O)N(CCOc3cccc4ccccc34)C2=O)cc1)c1ccc(Cl)cc1Cl. The van der Waals surface area contributed by atoms with Crippen LogP contribution in [0.2, 0.25) is 10.0 Å². The second-order valence-electron chi connectivity index (χ2n) is 8.24. The van der Waals surface area contributed by atoms with Gasteiger partial charge in [0.2, 0.25) is 0 Å². The van der Waals surface area contributed by atoms with Crippen LogP contribution >= 0.6 is 35.0 Å². The Hall–Kier alpha value is -3.78. The van der Waals surface area contributed by atoms with Gasteiger partial charge in [-0.1, -0.05) is 71.7 Å². The third-order valence-electron chi connectivity index (χ3n) is 5.74. The fourth-order valence-electron chi connectivity index (χ4n) is 3.86. The molecule has 4 aromatic rings. The van der Waals surface area contributed by atoms with E-state index in [4.69, 9.17) is 32.7 Å². The minimum absolute atomic E-state index is 0.132. The van der Waals surface area contributed by atoms with Crippen molar-refractivity contribution < 1.29 is 23.9 Å². The number of hydrogen-bond donors (Lipinski definition) is 0. The molecule has 9 heteroatoms. The van der Waals surface area contributed by atoms with Crippen molar-refractivity contribution >= 4 is 68.9 Å². The summed E-state index contributed by atoms with van der Waals surface area (Å²) in [5.74, 6) is 0.00209. The Morgan fingerprint density at radius 1 is 0.921 bits per heavy atom. The number of thioether (sulfide) groups is 1. The van der Waals surface area contributed by atoms with Crippen LogP contribution in [0.25, 0.3) is 16.8 Å². The predicted octanol–water partition coefficient (Wildman–Crippen LogP) is 7.48. The first-order valence-electron chi connectivity index (χ1n) is 11.5. The fourth-order valence-corrected chi connectivity index (χ4v) is 5.21. The summed E-state index contributed by atoms with van der Waals surface area (Å²) in [4.78, 5) is 39.2. The summed E-state index contributed by atoms with van der Waals surface area (Å²) in [6.45, 7) is 0.310. The number of ether oxygens (including phenoxy) is 2. The maximum atomic E-state index is 12.9. The molecule has 1 fully saturated rings. The highest BCUT2D eigenvalue weighted by Gasteiger charge is 2.34. The van der Waals surface area contributed by atoms with Crippen LogP contribution in [0, 0.1) is 0 Å². The molecule has 6 nitrogen and oxygen atoms in total. The van der Waals surface area contributed by atoms with E-state index in [-0.39, 0.29) is 34.9 Å². The summed E-state index contributed by atoms with van der Waals surface area (Å²) in [6.07, 6.45) is 1.62. The zero-order valence-electron chi connectivity index (χ0n) is 19.7. The molecule has 190 valence electrons. The number of esters is 1. The maximum absolute atomic E-state index is 12.9. The molecule has 0 atom stereocenters. The van der Waals surface area contributed by atoms with Crippen LogP contribution in [-0.2, 0) is 4.79 Å². The largest absolute Gasteiger partial charge is 0.491 e. The highest BCUT2D eigenvalue weighted by Crippen LogP contribution is 2.33. The third-order valence-corrected chi connectivity index (χ3v) is 7.19. The molecular weight excluding hydrogens is 545 g/mol. The highest BCUT2D eigenvalue weighted by atomic mass is 35.5. The van der Waals surface area contributed by atoms with E-state index in [1.807, 2.05) is 42.5 Å². The van der Waals surface area contributed by atoms with Gasteiger partial charge in [-0.25, -0.2) is 4.79 Å². The van der Waals surface area contributed by atoms with Gasteiger partial charge in [0.25, 0.3) is 11.1 Å². The molecule has 5 rings (SSSR count). The van der Waals surface area contributed by atoms with E-state index in [9.17, 15) is 14.4 Å². The topological polar surface area (TPSA) is 72.9 Å². The third kappa shape index (κ3) is 5.70. The molecule has 1 heterocycles. The molecule has 1 aliphatic heterocycles. The van der Waals surface area contributed by atoms with Gasteiger partial charge >= 0.3 is 5.97 Å². The zero-order chi connectivity index (χ0) is 26.6. The van der Waals surface area contributed by atoms with Crippen LogP contribution < -0.4 is 9.47 Å². The molecule has 4 aromatic carbocycles. The van der Waals surface area contributed by atoms with Crippen molar-refractivity contribution in [2.24, 2.45) is 0 Å². The molecule has 1 aliphatic rings. The second-order valence-corrected chi connectivity index (χ2v) is 10.1. The van der Waals surface area contributed by atoms with E-state index in [1.54, 1.807) is 36.4 Å². The second kappa shape index (κ2) is 11.3. The number of amides is 2. The van der Waals surface area contributed by atoms with Gasteiger partial charge in [-0.05, 0) is 65.2 Å². The van der Waals surface area contributed by atoms with Gasteiger partial charge < -0.3 is 9.47 Å². The van der Waals surface area contributed by atoms with Crippen molar-refractivity contribution in [3.8, 4) is 11.5 Å². The Morgan fingerprint density at radius 2 is 1.68 bits per heavy atom. The molecule has 0 aromatic heterocycles. The molecule has 0 aliphatic carbocycles. The van der Waals surface area contributed by atoms with E-state index >= 15 is 0 Å². The lowest BCUT2D eigenvalue weighted by atomic mass is 10.1. The monoisotopic (exact) mass is 563 g/mol. The molecule has 0 N–H and O–H groups in total. The van der Waals surface area contributed by atoms with Crippen LogP contribution in [0.15, 0.2) is 89.8 Å². The lowest BCUT2D eigenvalue weighted by molar-refractivity contribution is -0.123. The van der Waals surface area contributed by atoms with Gasteiger partial charge in [-0.15, -0.1) is 0 Å². The van der Waals surface area contributed by atoms with Crippen molar-refractivity contribution in [1.82, 2.24) is 4.90 Å². The van der Waals surface area contributed by atoms with Crippen molar-refractivity contribution in [3.63, 3.8) is 0 Å². The van der Waals surface area contributed by atoms with Crippen molar-refractivity contribution in [1.29, 1.82) is 0 Å². The van der Waals surface area contributed by atoms with Gasteiger partial charge in [0, 0.05) is 10.4 Å². The van der Waals surface area contributed by atoms with Gasteiger partial charge in [0.15, 0.2) is 0 Å². The standard InChI is InChI=1S/C29H19Cl2NO5S/c30-20-10-13-23(24(31)17-20)28(34)37-21-11-8-18(9-12-21)16-26-27(33)32(29(35)38-26)14-15-36-25-7-3-5-19-4-1-2-6-22(19)25/h1-13,16-17H,14-15H2/b26-16-. The fraction of sp³-hybridized carbons (Fsp3) is 0.0690. The van der Waals surface area contributed by atoms with E-state index in [0.29, 0.717) is 27.0 Å². The van der Waals surface area contributed by atoms with Crippen molar-refractivity contribution in [3.05, 3.63) is 111 Å². The summed E-state index contributed by atoms with van der Waals surface area (Å²) in [6, 6.07) is 24.7. The van der Waals surface area contributed by atoms with E-state index in [1.165, 1.54) is 17.0 Å².